The number of nitrogens with zero attached hydrogens (tertiary/aromatic N) is 2. The number of benzene rings is 3. The number of rotatable bonds is 9. The van der Waals surface area contributed by atoms with Crippen LogP contribution in [0.1, 0.15) is 57.8 Å². The molecule has 3 heterocycles. The van der Waals surface area contributed by atoms with E-state index in [9.17, 15) is 15.0 Å². The van der Waals surface area contributed by atoms with Gasteiger partial charge in [-0.15, -0.1) is 0 Å². The van der Waals surface area contributed by atoms with E-state index in [1.54, 1.807) is 24.5 Å². The number of likely N-dealkylation sites (tertiary alicyclic amines) is 1. The van der Waals surface area contributed by atoms with Gasteiger partial charge in [-0.05, 0) is 52.4 Å². The molecule has 0 aliphatic carbocycles. The Balaban J connectivity index is 1.15. The Morgan fingerprint density at radius 1 is 0.930 bits per heavy atom. The molecule has 0 bridgehead atoms. The number of hydrogen-bond donors (Lipinski definition) is 3. The molecule has 3 aromatic carbocycles. The summed E-state index contributed by atoms with van der Waals surface area (Å²) in [6.45, 7) is 2.70. The standard InChI is InChI=1S/C35H37N3O5/c39-23-24-6-8-27(9-7-24)33-18-32(22-38-16-14-31(40)21-38)42-35(43-33)28-12-10-26(11-13-28)29-4-1-3-25(17-29)19-37-34(41)30-5-2-15-36-20-30/h1-13,15,17,20,31-33,35,39-40H,14,16,18-19,21-23H2,(H,37,41). The van der Waals surface area contributed by atoms with Gasteiger partial charge >= 0.3 is 0 Å². The summed E-state index contributed by atoms with van der Waals surface area (Å²) >= 11 is 0. The number of aliphatic hydroxyl groups excluding tert-OH is 2. The molecule has 8 heteroatoms. The van der Waals surface area contributed by atoms with E-state index in [1.807, 2.05) is 48.5 Å². The first-order valence-corrected chi connectivity index (χ1v) is 14.8. The molecule has 1 amide bonds. The van der Waals surface area contributed by atoms with Gasteiger partial charge in [-0.1, -0.05) is 66.7 Å². The Labute approximate surface area is 251 Å². The molecular weight excluding hydrogens is 542 g/mol. The Hall–Kier alpha value is -3.92. The number of pyridine rings is 1. The molecule has 2 saturated heterocycles. The summed E-state index contributed by atoms with van der Waals surface area (Å²) in [5.74, 6) is -0.155. The molecule has 2 aliphatic heterocycles. The van der Waals surface area contributed by atoms with Gasteiger partial charge in [0.1, 0.15) is 0 Å². The molecule has 2 fully saturated rings. The van der Waals surface area contributed by atoms with Crippen molar-refractivity contribution >= 4 is 5.91 Å². The lowest BCUT2D eigenvalue weighted by Gasteiger charge is -2.37. The molecule has 4 unspecified atom stereocenters. The summed E-state index contributed by atoms with van der Waals surface area (Å²) in [6, 6.07) is 27.8. The number of aromatic nitrogens is 1. The summed E-state index contributed by atoms with van der Waals surface area (Å²) in [6.07, 6.45) is 3.69. The zero-order valence-electron chi connectivity index (χ0n) is 24.0. The predicted octanol–water partition coefficient (Wildman–Crippen LogP) is 4.78. The number of carbonyl (C=O) groups excluding carboxylic acids is 1. The number of amides is 1. The highest BCUT2D eigenvalue weighted by atomic mass is 16.7. The maximum absolute atomic E-state index is 12.4. The third-order valence-electron chi connectivity index (χ3n) is 8.14. The van der Waals surface area contributed by atoms with Crippen LogP contribution in [0.2, 0.25) is 0 Å². The van der Waals surface area contributed by atoms with Gasteiger partial charge in [-0.3, -0.25) is 14.7 Å². The van der Waals surface area contributed by atoms with Crippen molar-refractivity contribution in [3.05, 3.63) is 125 Å². The third-order valence-corrected chi connectivity index (χ3v) is 8.14. The van der Waals surface area contributed by atoms with Crippen molar-refractivity contribution in [2.75, 3.05) is 19.6 Å². The zero-order valence-corrected chi connectivity index (χ0v) is 24.0. The van der Waals surface area contributed by atoms with E-state index >= 15 is 0 Å². The molecule has 6 rings (SSSR count). The second kappa shape index (κ2) is 13.6. The van der Waals surface area contributed by atoms with Gasteiger partial charge in [-0.2, -0.15) is 0 Å². The third kappa shape index (κ3) is 7.36. The van der Waals surface area contributed by atoms with Crippen LogP contribution in [0.25, 0.3) is 11.1 Å². The average Bonchev–Trinajstić information content (AvgIpc) is 3.48. The van der Waals surface area contributed by atoms with Crippen LogP contribution in [-0.2, 0) is 22.6 Å². The number of ether oxygens (including phenoxy) is 2. The summed E-state index contributed by atoms with van der Waals surface area (Å²) in [5.41, 5.74) is 6.50. The second-order valence-electron chi connectivity index (χ2n) is 11.3. The van der Waals surface area contributed by atoms with Gasteiger partial charge in [0.05, 0.1) is 30.5 Å². The Morgan fingerprint density at radius 3 is 2.47 bits per heavy atom. The van der Waals surface area contributed by atoms with Crippen molar-refractivity contribution in [1.82, 2.24) is 15.2 Å². The fourth-order valence-corrected chi connectivity index (χ4v) is 5.77. The molecular formula is C35H37N3O5. The van der Waals surface area contributed by atoms with Crippen molar-refractivity contribution in [3.8, 4) is 11.1 Å². The van der Waals surface area contributed by atoms with Gasteiger partial charge in [0.2, 0.25) is 0 Å². The van der Waals surface area contributed by atoms with Crippen LogP contribution in [0, 0.1) is 0 Å². The monoisotopic (exact) mass is 579 g/mol. The summed E-state index contributed by atoms with van der Waals surface area (Å²) in [7, 11) is 0. The van der Waals surface area contributed by atoms with Gasteiger partial charge in [0, 0.05) is 50.6 Å². The van der Waals surface area contributed by atoms with Gasteiger partial charge in [-0.25, -0.2) is 0 Å². The van der Waals surface area contributed by atoms with E-state index in [0.717, 1.165) is 52.9 Å². The number of β-amino-alcohol motifs (C(OH)–C–C–N with tert-alkyl or cyclic N) is 1. The molecule has 1 aromatic heterocycles. The average molecular weight is 580 g/mol. The fourth-order valence-electron chi connectivity index (χ4n) is 5.77. The lowest BCUT2D eigenvalue weighted by Crippen LogP contribution is -2.38. The van der Waals surface area contributed by atoms with Crippen molar-refractivity contribution in [2.45, 2.75) is 50.6 Å². The molecule has 8 nitrogen and oxygen atoms in total. The van der Waals surface area contributed by atoms with Crippen molar-refractivity contribution in [2.24, 2.45) is 0 Å². The first-order chi connectivity index (χ1) is 21.0. The van der Waals surface area contributed by atoms with E-state index in [0.29, 0.717) is 25.1 Å². The minimum absolute atomic E-state index is 0.00669. The fraction of sp³-hybridized carbons (Fsp3) is 0.314. The van der Waals surface area contributed by atoms with E-state index in [2.05, 4.69) is 39.5 Å². The van der Waals surface area contributed by atoms with Crippen LogP contribution >= 0.6 is 0 Å². The van der Waals surface area contributed by atoms with Crippen LogP contribution in [0.4, 0.5) is 0 Å². The largest absolute Gasteiger partial charge is 0.392 e. The zero-order chi connectivity index (χ0) is 29.6. The molecule has 4 aromatic rings. The van der Waals surface area contributed by atoms with Crippen LogP contribution in [0.3, 0.4) is 0 Å². The van der Waals surface area contributed by atoms with E-state index < -0.39 is 6.29 Å². The highest BCUT2D eigenvalue weighted by molar-refractivity contribution is 5.93. The number of hydrogen-bond acceptors (Lipinski definition) is 7. The minimum Gasteiger partial charge on any atom is -0.392 e. The molecule has 43 heavy (non-hydrogen) atoms. The first kappa shape index (κ1) is 29.2. The molecule has 4 atom stereocenters. The molecule has 3 N–H and O–H groups in total. The highest BCUT2D eigenvalue weighted by Gasteiger charge is 2.34. The van der Waals surface area contributed by atoms with Crippen molar-refractivity contribution < 1.29 is 24.5 Å². The first-order valence-electron chi connectivity index (χ1n) is 14.8. The Bertz CT molecular complexity index is 1500. The number of nitrogens with one attached hydrogen (secondary N) is 1. The number of carbonyl (C=O) groups is 1. The maximum atomic E-state index is 12.4. The molecule has 0 saturated carbocycles. The molecule has 0 radical (unpaired) electrons. The van der Waals surface area contributed by atoms with Gasteiger partial charge in [0.25, 0.3) is 5.91 Å². The smallest absolute Gasteiger partial charge is 0.253 e. The van der Waals surface area contributed by atoms with Crippen LogP contribution in [-0.4, -0.2) is 57.8 Å². The van der Waals surface area contributed by atoms with Crippen LogP contribution in [0.5, 0.6) is 0 Å². The Morgan fingerprint density at radius 2 is 1.74 bits per heavy atom. The minimum atomic E-state index is -0.531. The SMILES string of the molecule is O=C(NCc1cccc(-c2ccc(C3OC(CN4CCC(O)C4)CC(c4ccc(CO)cc4)O3)cc2)c1)c1cccnc1. The molecule has 2 aliphatic rings. The highest BCUT2D eigenvalue weighted by Crippen LogP contribution is 2.39. The molecule has 0 spiro atoms. The topological polar surface area (TPSA) is 104 Å². The normalized spacial score (nSPS) is 22.4. The van der Waals surface area contributed by atoms with Crippen LogP contribution < -0.4 is 5.32 Å². The summed E-state index contributed by atoms with van der Waals surface area (Å²) in [4.78, 5) is 18.7. The summed E-state index contributed by atoms with van der Waals surface area (Å²) in [5, 5.41) is 22.5. The van der Waals surface area contributed by atoms with Crippen LogP contribution in [0.15, 0.2) is 97.3 Å². The summed E-state index contributed by atoms with van der Waals surface area (Å²) < 4.78 is 13.0. The van der Waals surface area contributed by atoms with Crippen molar-refractivity contribution in [1.29, 1.82) is 0 Å². The second-order valence-corrected chi connectivity index (χ2v) is 11.3. The van der Waals surface area contributed by atoms with E-state index in [-0.39, 0.29) is 30.8 Å². The predicted molar refractivity (Wildman–Crippen MR) is 163 cm³/mol. The van der Waals surface area contributed by atoms with Gasteiger partial charge in [0.15, 0.2) is 6.29 Å². The quantitative estimate of drug-likeness (QED) is 0.262. The Kier molecular flexibility index (Phi) is 9.21. The lowest BCUT2D eigenvalue weighted by atomic mass is 9.99. The molecule has 222 valence electrons. The number of aliphatic hydroxyl groups is 2. The van der Waals surface area contributed by atoms with E-state index in [4.69, 9.17) is 9.47 Å². The maximum Gasteiger partial charge on any atom is 0.253 e. The van der Waals surface area contributed by atoms with Gasteiger partial charge < -0.3 is 25.0 Å². The van der Waals surface area contributed by atoms with E-state index in [1.165, 1.54) is 0 Å². The lowest BCUT2D eigenvalue weighted by molar-refractivity contribution is -0.252. The van der Waals surface area contributed by atoms with Crippen molar-refractivity contribution in [3.63, 3.8) is 0 Å².